The number of thiocarbonyl (C=S) groups is 1. The Morgan fingerprint density at radius 2 is 2.00 bits per heavy atom. The minimum atomic E-state index is 0.642. The van der Waals surface area contributed by atoms with Crippen molar-refractivity contribution >= 4 is 39.3 Å². The van der Waals surface area contributed by atoms with Crippen molar-refractivity contribution in [2.45, 2.75) is 4.90 Å². The van der Waals surface area contributed by atoms with Gasteiger partial charge < -0.3 is 0 Å². The summed E-state index contributed by atoms with van der Waals surface area (Å²) in [7, 11) is 0. The molecule has 4 heteroatoms. The Hall–Kier alpha value is -0.500. The van der Waals surface area contributed by atoms with Crippen LogP contribution in [0, 0.1) is 10.7 Å². The second kappa shape index (κ2) is 5.20. The Morgan fingerprint density at radius 1 is 1.33 bits per heavy atom. The fourth-order valence-electron chi connectivity index (χ4n) is 0.643. The standard InChI is InChI=1S/C8H5NS3/c9-6-11-8(10)12-7-4-2-1-3-5-7/h1-5H. The van der Waals surface area contributed by atoms with Crippen LogP contribution in [0.2, 0.25) is 0 Å². The number of rotatable bonds is 1. The maximum Gasteiger partial charge on any atom is 0.139 e. The average Bonchev–Trinajstić information content (AvgIpc) is 2.06. The van der Waals surface area contributed by atoms with Crippen LogP contribution >= 0.6 is 35.7 Å². The highest BCUT2D eigenvalue weighted by Crippen LogP contribution is 2.24. The van der Waals surface area contributed by atoms with Crippen LogP contribution in [-0.2, 0) is 0 Å². The summed E-state index contributed by atoms with van der Waals surface area (Å²) in [6.07, 6.45) is 0. The van der Waals surface area contributed by atoms with E-state index in [1.165, 1.54) is 11.8 Å². The second-order valence-electron chi connectivity index (χ2n) is 1.86. The van der Waals surface area contributed by atoms with Crippen molar-refractivity contribution in [3.05, 3.63) is 30.3 Å². The zero-order valence-electron chi connectivity index (χ0n) is 6.06. The largest absolute Gasteiger partial charge is 0.185 e. The minimum Gasteiger partial charge on any atom is -0.185 e. The van der Waals surface area contributed by atoms with Crippen LogP contribution in [0.1, 0.15) is 0 Å². The Bertz CT molecular complexity index is 302. The predicted octanol–water partition coefficient (Wildman–Crippen LogP) is 3.28. The van der Waals surface area contributed by atoms with Crippen molar-refractivity contribution in [1.29, 1.82) is 5.26 Å². The topological polar surface area (TPSA) is 23.8 Å². The van der Waals surface area contributed by atoms with E-state index in [1.807, 2.05) is 35.7 Å². The van der Waals surface area contributed by atoms with E-state index in [4.69, 9.17) is 17.5 Å². The van der Waals surface area contributed by atoms with Gasteiger partial charge in [-0.3, -0.25) is 0 Å². The molecule has 60 valence electrons. The first kappa shape index (κ1) is 9.59. The van der Waals surface area contributed by atoms with Crippen LogP contribution in [0.5, 0.6) is 0 Å². The van der Waals surface area contributed by atoms with Crippen LogP contribution in [0.25, 0.3) is 0 Å². The quantitative estimate of drug-likeness (QED) is 0.404. The van der Waals surface area contributed by atoms with Crippen LogP contribution in [0.4, 0.5) is 0 Å². The molecule has 0 aliphatic heterocycles. The summed E-state index contributed by atoms with van der Waals surface area (Å²) in [5.74, 6) is 0. The molecule has 0 unspecified atom stereocenters. The maximum atomic E-state index is 8.33. The average molecular weight is 211 g/mol. The maximum absolute atomic E-state index is 8.33. The molecule has 0 saturated carbocycles. The number of thiocyanates is 1. The van der Waals surface area contributed by atoms with Crippen LogP contribution in [-0.4, -0.2) is 3.53 Å². The normalized spacial score (nSPS) is 8.92. The van der Waals surface area contributed by atoms with Gasteiger partial charge in [-0.15, -0.1) is 0 Å². The van der Waals surface area contributed by atoms with E-state index in [0.29, 0.717) is 3.53 Å². The van der Waals surface area contributed by atoms with Gasteiger partial charge in [0.05, 0.1) is 0 Å². The zero-order valence-corrected chi connectivity index (χ0v) is 8.51. The van der Waals surface area contributed by atoms with E-state index in [0.717, 1.165) is 16.7 Å². The summed E-state index contributed by atoms with van der Waals surface area (Å²) in [5, 5.41) is 10.3. The van der Waals surface area contributed by atoms with Crippen molar-refractivity contribution in [2.24, 2.45) is 0 Å². The molecule has 0 atom stereocenters. The molecule has 1 aromatic carbocycles. The third kappa shape index (κ3) is 3.26. The Labute approximate surface area is 85.2 Å². The van der Waals surface area contributed by atoms with E-state index in [1.54, 1.807) is 0 Å². The number of hydrogen-bond acceptors (Lipinski definition) is 4. The predicted molar refractivity (Wildman–Crippen MR) is 58.1 cm³/mol. The highest BCUT2D eigenvalue weighted by molar-refractivity contribution is 8.48. The van der Waals surface area contributed by atoms with Gasteiger partial charge in [0.2, 0.25) is 0 Å². The van der Waals surface area contributed by atoms with Gasteiger partial charge in [0.15, 0.2) is 0 Å². The Morgan fingerprint density at radius 3 is 2.58 bits per heavy atom. The van der Waals surface area contributed by atoms with Crippen molar-refractivity contribution in [3.63, 3.8) is 0 Å². The monoisotopic (exact) mass is 211 g/mol. The molecule has 12 heavy (non-hydrogen) atoms. The number of thioether (sulfide) groups is 2. The molecule has 1 nitrogen and oxygen atoms in total. The van der Waals surface area contributed by atoms with E-state index in [9.17, 15) is 0 Å². The summed E-state index contributed by atoms with van der Waals surface area (Å²) in [6.45, 7) is 0. The molecule has 1 aromatic rings. The highest BCUT2D eigenvalue weighted by Gasteiger charge is 1.98. The SMILES string of the molecule is N#CSC(=S)Sc1ccccc1. The molecule has 0 aliphatic carbocycles. The minimum absolute atomic E-state index is 0.642. The molecule has 0 fully saturated rings. The van der Waals surface area contributed by atoms with Gasteiger partial charge in [0.1, 0.15) is 8.93 Å². The summed E-state index contributed by atoms with van der Waals surface area (Å²) in [4.78, 5) is 1.07. The number of benzene rings is 1. The molecule has 0 saturated heterocycles. The first-order valence-corrected chi connectivity index (χ1v) is 5.20. The van der Waals surface area contributed by atoms with Crippen molar-refractivity contribution in [1.82, 2.24) is 0 Å². The zero-order chi connectivity index (χ0) is 8.81. The third-order valence-corrected chi connectivity index (χ3v) is 3.01. The van der Waals surface area contributed by atoms with E-state index in [2.05, 4.69) is 0 Å². The van der Waals surface area contributed by atoms with Gasteiger partial charge in [0.25, 0.3) is 0 Å². The third-order valence-electron chi connectivity index (χ3n) is 1.07. The first-order chi connectivity index (χ1) is 5.83. The Kier molecular flexibility index (Phi) is 4.15. The van der Waals surface area contributed by atoms with Gasteiger partial charge in [0, 0.05) is 16.7 Å². The summed E-state index contributed by atoms with van der Waals surface area (Å²) in [5.41, 5.74) is 0. The fourth-order valence-corrected chi connectivity index (χ4v) is 2.17. The lowest BCUT2D eigenvalue weighted by molar-refractivity contribution is 1.48. The summed E-state index contributed by atoms with van der Waals surface area (Å²) >= 11 is 7.40. The van der Waals surface area contributed by atoms with Gasteiger partial charge >= 0.3 is 0 Å². The molecular weight excluding hydrogens is 206 g/mol. The molecule has 0 spiro atoms. The lowest BCUT2D eigenvalue weighted by atomic mass is 10.4. The molecule has 0 bridgehead atoms. The van der Waals surface area contributed by atoms with Gasteiger partial charge in [-0.1, -0.05) is 42.2 Å². The number of nitriles is 1. The van der Waals surface area contributed by atoms with Crippen LogP contribution < -0.4 is 0 Å². The molecule has 0 heterocycles. The van der Waals surface area contributed by atoms with Crippen LogP contribution in [0.3, 0.4) is 0 Å². The summed E-state index contributed by atoms with van der Waals surface area (Å²) < 4.78 is 0.642. The number of nitrogens with zero attached hydrogens (tertiary/aromatic N) is 1. The van der Waals surface area contributed by atoms with Crippen molar-refractivity contribution in [3.8, 4) is 5.40 Å². The van der Waals surface area contributed by atoms with Crippen molar-refractivity contribution < 1.29 is 0 Å². The first-order valence-electron chi connectivity index (χ1n) is 3.15. The molecule has 0 N–H and O–H groups in total. The van der Waals surface area contributed by atoms with Gasteiger partial charge in [-0.2, -0.15) is 5.26 Å². The van der Waals surface area contributed by atoms with E-state index < -0.39 is 0 Å². The smallest absolute Gasteiger partial charge is 0.139 e. The van der Waals surface area contributed by atoms with Gasteiger partial charge in [-0.25, -0.2) is 0 Å². The lowest BCUT2D eigenvalue weighted by Gasteiger charge is -1.96. The fraction of sp³-hybridized carbons (Fsp3) is 0. The number of hydrogen-bond donors (Lipinski definition) is 0. The second-order valence-corrected chi connectivity index (χ2v) is 4.92. The molecule has 1 rings (SSSR count). The molecule has 0 aliphatic rings. The highest BCUT2D eigenvalue weighted by atomic mass is 32.2. The molecular formula is C8H5NS3. The summed E-state index contributed by atoms with van der Waals surface area (Å²) in [6, 6.07) is 9.78. The molecule has 0 amide bonds. The lowest BCUT2D eigenvalue weighted by Crippen LogP contribution is -1.76. The van der Waals surface area contributed by atoms with E-state index >= 15 is 0 Å². The molecule has 0 radical (unpaired) electrons. The Balaban J connectivity index is 2.54. The van der Waals surface area contributed by atoms with Crippen LogP contribution in [0.15, 0.2) is 35.2 Å². The van der Waals surface area contributed by atoms with E-state index in [-0.39, 0.29) is 0 Å². The van der Waals surface area contributed by atoms with Crippen molar-refractivity contribution in [2.75, 3.05) is 0 Å². The van der Waals surface area contributed by atoms with Gasteiger partial charge in [-0.05, 0) is 12.1 Å². The molecule has 0 aromatic heterocycles.